The van der Waals surface area contributed by atoms with Crippen molar-refractivity contribution in [2.45, 2.75) is 114 Å². The van der Waals surface area contributed by atoms with E-state index in [1.807, 2.05) is 13.8 Å². The summed E-state index contributed by atoms with van der Waals surface area (Å²) in [6, 6.07) is 3.19. The SMILES string of the molecule is CC(C)C[C@H](NC(=O)[C@@H]1CCCN1C(=O)[C@@H]1CSSC[C@H](N)C(=O)N[C@@H](Cc2ccc(O)cc2)C(=O)N[C@H](Cc2ccccc2)C(=O)N[C@@H](CCC(N)=O)C(=O)N[C@@H](CC(N)=O)C(=O)N1)C(=O)NCC(N)=O. The highest BCUT2D eigenvalue weighted by Crippen LogP contribution is 2.26. The van der Waals surface area contributed by atoms with Crippen LogP contribution in [0.1, 0.15) is 63.5 Å². The first-order valence-electron chi connectivity index (χ1n) is 23.2. The molecule has 2 aliphatic rings. The summed E-state index contributed by atoms with van der Waals surface area (Å²) >= 11 is 0. The van der Waals surface area contributed by atoms with Gasteiger partial charge in [0.2, 0.25) is 65.0 Å². The van der Waals surface area contributed by atoms with Crippen LogP contribution in [0.15, 0.2) is 54.6 Å². The van der Waals surface area contributed by atoms with Gasteiger partial charge in [0.25, 0.3) is 0 Å². The van der Waals surface area contributed by atoms with E-state index in [1.54, 1.807) is 30.3 Å². The summed E-state index contributed by atoms with van der Waals surface area (Å²) in [5.41, 5.74) is 23.6. The number of phenolic OH excluding ortho intramolecular Hbond substituents is 1. The zero-order valence-electron chi connectivity index (χ0n) is 39.9. The van der Waals surface area contributed by atoms with Crippen molar-refractivity contribution in [3.8, 4) is 5.75 Å². The van der Waals surface area contributed by atoms with Crippen LogP contribution >= 0.6 is 21.6 Å². The van der Waals surface area contributed by atoms with E-state index >= 15 is 0 Å². The highest BCUT2D eigenvalue weighted by molar-refractivity contribution is 8.76. The van der Waals surface area contributed by atoms with Crippen LogP contribution in [0.4, 0.5) is 0 Å². The van der Waals surface area contributed by atoms with Crippen LogP contribution in [0, 0.1) is 5.92 Å². The van der Waals surface area contributed by atoms with Crippen molar-refractivity contribution < 1.29 is 57.8 Å². The van der Waals surface area contributed by atoms with Gasteiger partial charge in [-0.3, -0.25) is 52.7 Å². The van der Waals surface area contributed by atoms with Crippen molar-refractivity contribution in [2.75, 3.05) is 24.6 Å². The Morgan fingerprint density at radius 2 is 1.26 bits per heavy atom. The van der Waals surface area contributed by atoms with Crippen molar-refractivity contribution in [2.24, 2.45) is 28.9 Å². The number of carbonyl (C=O) groups excluding carboxylic acids is 11. The Morgan fingerprint density at radius 1 is 0.708 bits per heavy atom. The molecule has 16 N–H and O–H groups in total. The molecule has 0 radical (unpaired) electrons. The summed E-state index contributed by atoms with van der Waals surface area (Å²) in [5, 5.41) is 27.8. The minimum absolute atomic E-state index is 0.0434. The summed E-state index contributed by atoms with van der Waals surface area (Å²) in [5.74, 6) is -10.0. The number of primary amides is 3. The lowest BCUT2D eigenvalue weighted by Gasteiger charge is -2.31. The predicted octanol–water partition coefficient (Wildman–Crippen LogP) is -3.41. The fourth-order valence-electron chi connectivity index (χ4n) is 7.73. The third kappa shape index (κ3) is 18.7. The molecular weight excluding hydrogens is 977 g/mol. The standard InChI is InChI=1S/C46H64N12O12S2/c1-24(2)17-30(40(64)51-21-38(50)62)56-45(69)35-9-6-16-58(35)46(70)34-23-72-71-22-28(47)39(63)53-31(19-26-10-12-27(59)13-11-26)43(67)54-32(18-25-7-4-3-5-8-25)42(66)52-29(14-15-36(48)60)41(65)55-33(20-37(49)61)44(68)57-34/h3-5,7-8,10-13,24,28-35,59H,6,9,14-23,47H2,1-2H3,(H2,48,60)(H2,49,61)(H2,50,62)(H,51,64)(H,52,66)(H,53,63)(H,54,67)(H,55,65)(H,56,69)(H,57,68)/t28-,29-,30-,31-,32+,33-,34-,35-/m0/s1. The maximum Gasteiger partial charge on any atom is 0.246 e. The van der Waals surface area contributed by atoms with E-state index in [1.165, 1.54) is 29.2 Å². The number of hydrogen-bond donors (Lipinski definition) is 12. The molecule has 72 heavy (non-hydrogen) atoms. The van der Waals surface area contributed by atoms with E-state index in [-0.39, 0.29) is 55.4 Å². The number of amides is 11. The minimum Gasteiger partial charge on any atom is -0.508 e. The number of hydrogen-bond acceptors (Lipinski definition) is 15. The molecule has 392 valence electrons. The van der Waals surface area contributed by atoms with Gasteiger partial charge in [-0.2, -0.15) is 0 Å². The molecule has 2 saturated heterocycles. The number of phenols is 1. The summed E-state index contributed by atoms with van der Waals surface area (Å²) in [6.07, 6.45) is -1.26. The molecule has 26 heteroatoms. The highest BCUT2D eigenvalue weighted by atomic mass is 33.1. The molecule has 2 aromatic carbocycles. The summed E-state index contributed by atoms with van der Waals surface area (Å²) in [7, 11) is 2.04. The van der Waals surface area contributed by atoms with Crippen molar-refractivity contribution in [1.82, 2.24) is 42.1 Å². The van der Waals surface area contributed by atoms with Gasteiger partial charge in [0.05, 0.1) is 19.0 Å². The number of carbonyl (C=O) groups is 11. The largest absolute Gasteiger partial charge is 0.508 e. The van der Waals surface area contributed by atoms with Gasteiger partial charge >= 0.3 is 0 Å². The Hall–Kier alpha value is -6.93. The van der Waals surface area contributed by atoms with Gasteiger partial charge in [-0.1, -0.05) is 77.9 Å². The molecule has 8 atom stereocenters. The van der Waals surface area contributed by atoms with Gasteiger partial charge in [-0.15, -0.1) is 0 Å². The Bertz CT molecular complexity index is 2290. The number of rotatable bonds is 17. The molecule has 0 saturated carbocycles. The molecule has 2 aromatic rings. The highest BCUT2D eigenvalue weighted by Gasteiger charge is 2.41. The number of likely N-dealkylation sites (tertiary alicyclic amines) is 1. The number of benzene rings is 2. The van der Waals surface area contributed by atoms with E-state index in [0.717, 1.165) is 21.6 Å². The first-order chi connectivity index (χ1) is 34.1. The molecule has 2 fully saturated rings. The quantitative estimate of drug-likeness (QED) is 0.0687. The zero-order chi connectivity index (χ0) is 53.1. The van der Waals surface area contributed by atoms with Gasteiger partial charge in [-0.05, 0) is 54.9 Å². The average molecular weight is 1040 g/mol. The Kier molecular flexibility index (Phi) is 22.6. The van der Waals surface area contributed by atoms with Crippen molar-refractivity contribution in [3.05, 3.63) is 65.7 Å². The fourth-order valence-corrected chi connectivity index (χ4v) is 10.0. The lowest BCUT2D eigenvalue weighted by atomic mass is 10.0. The Morgan fingerprint density at radius 3 is 1.86 bits per heavy atom. The average Bonchev–Trinajstić information content (AvgIpc) is 3.82. The zero-order valence-corrected chi connectivity index (χ0v) is 41.5. The summed E-state index contributed by atoms with van der Waals surface area (Å²) in [4.78, 5) is 149. The normalized spacial score (nSPS) is 23.2. The minimum atomic E-state index is -1.77. The van der Waals surface area contributed by atoms with E-state index in [4.69, 9.17) is 22.9 Å². The van der Waals surface area contributed by atoms with E-state index in [0.29, 0.717) is 17.5 Å². The second-order valence-corrected chi connectivity index (χ2v) is 20.3. The second-order valence-electron chi connectivity index (χ2n) is 17.8. The number of nitrogens with two attached hydrogens (primary N) is 4. The van der Waals surface area contributed by atoms with E-state index in [2.05, 4.69) is 37.2 Å². The summed E-state index contributed by atoms with van der Waals surface area (Å²) < 4.78 is 0. The van der Waals surface area contributed by atoms with Crippen LogP contribution in [-0.4, -0.2) is 148 Å². The van der Waals surface area contributed by atoms with Crippen LogP contribution in [0.2, 0.25) is 0 Å². The lowest BCUT2D eigenvalue weighted by Crippen LogP contribution is -2.61. The first kappa shape index (κ1) is 57.6. The van der Waals surface area contributed by atoms with Crippen molar-refractivity contribution in [1.29, 1.82) is 0 Å². The monoisotopic (exact) mass is 1040 g/mol. The topological polar surface area (TPSA) is 400 Å². The van der Waals surface area contributed by atoms with Crippen LogP contribution in [0.5, 0.6) is 5.75 Å². The molecule has 24 nitrogen and oxygen atoms in total. The van der Waals surface area contributed by atoms with Crippen LogP contribution in [0.25, 0.3) is 0 Å². The number of nitrogens with zero attached hydrogens (tertiary/aromatic N) is 1. The molecule has 0 aromatic heterocycles. The Balaban J connectivity index is 1.72. The lowest BCUT2D eigenvalue weighted by molar-refractivity contribution is -0.142. The molecule has 11 amide bonds. The number of nitrogens with one attached hydrogen (secondary N) is 7. The summed E-state index contributed by atoms with van der Waals surface area (Å²) in [6.45, 7) is 3.20. The van der Waals surface area contributed by atoms with Gasteiger partial charge in [0.1, 0.15) is 48.0 Å². The molecule has 0 spiro atoms. The van der Waals surface area contributed by atoms with Gasteiger partial charge in [0, 0.05) is 37.3 Å². The third-order valence-electron chi connectivity index (χ3n) is 11.4. The molecule has 0 bridgehead atoms. The van der Waals surface area contributed by atoms with E-state index < -0.39 is 139 Å². The van der Waals surface area contributed by atoms with Crippen molar-refractivity contribution >= 4 is 86.6 Å². The van der Waals surface area contributed by atoms with Gasteiger partial charge < -0.3 is 70.2 Å². The molecule has 4 rings (SSSR count). The van der Waals surface area contributed by atoms with Crippen LogP contribution in [-0.2, 0) is 65.6 Å². The first-order valence-corrected chi connectivity index (χ1v) is 25.7. The van der Waals surface area contributed by atoms with E-state index in [9.17, 15) is 57.8 Å². The second kappa shape index (κ2) is 28.2. The molecule has 0 unspecified atom stereocenters. The maximum absolute atomic E-state index is 14.5. The molecular formula is C46H64N12O12S2. The smallest absolute Gasteiger partial charge is 0.246 e. The van der Waals surface area contributed by atoms with Crippen molar-refractivity contribution in [3.63, 3.8) is 0 Å². The van der Waals surface area contributed by atoms with Crippen LogP contribution in [0.3, 0.4) is 0 Å². The fraction of sp³-hybridized carbons (Fsp3) is 0.500. The Labute approximate surface area is 423 Å². The molecule has 0 aliphatic carbocycles. The van der Waals surface area contributed by atoms with Gasteiger partial charge in [0.15, 0.2) is 0 Å². The predicted molar refractivity (Wildman–Crippen MR) is 265 cm³/mol. The molecule has 2 aliphatic heterocycles. The number of aromatic hydroxyl groups is 1. The molecule has 2 heterocycles. The third-order valence-corrected chi connectivity index (χ3v) is 13.9. The van der Waals surface area contributed by atoms with Crippen LogP contribution < -0.4 is 60.2 Å². The van der Waals surface area contributed by atoms with Gasteiger partial charge in [-0.25, -0.2) is 0 Å². The maximum atomic E-state index is 14.5.